The van der Waals surface area contributed by atoms with E-state index in [1.807, 2.05) is 18.2 Å². The lowest BCUT2D eigenvalue weighted by atomic mass is 10.4. The molecule has 0 aliphatic rings. The Labute approximate surface area is 94.2 Å². The molecule has 0 aliphatic carbocycles. The van der Waals surface area contributed by atoms with Gasteiger partial charge in [-0.1, -0.05) is 24.1 Å². The number of allylic oxidation sites excluding steroid dienone is 3. The van der Waals surface area contributed by atoms with Gasteiger partial charge in [-0.25, -0.2) is 0 Å². The zero-order valence-corrected chi connectivity index (χ0v) is 10.5. The predicted octanol–water partition coefficient (Wildman–Crippen LogP) is 2.92. The standard InChI is InChI=1S/C13H20OSi/c1-5-9-15(10-6-2,11-7-3)12-8-13(4)14/h5-7,13-14H,1-3,9-11H2,4H3. The topological polar surface area (TPSA) is 20.2 Å². The van der Waals surface area contributed by atoms with Gasteiger partial charge in [0.05, 0.1) is 0 Å². The molecule has 1 nitrogen and oxygen atoms in total. The first-order valence-electron chi connectivity index (χ1n) is 5.13. The summed E-state index contributed by atoms with van der Waals surface area (Å²) >= 11 is 0. The Bertz CT molecular complexity index is 254. The monoisotopic (exact) mass is 220 g/mol. The molecule has 15 heavy (non-hydrogen) atoms. The van der Waals surface area contributed by atoms with Crippen molar-refractivity contribution in [3.8, 4) is 11.5 Å². The molecule has 0 rings (SSSR count). The summed E-state index contributed by atoms with van der Waals surface area (Å²) < 4.78 is 0. The summed E-state index contributed by atoms with van der Waals surface area (Å²) in [7, 11) is -1.73. The van der Waals surface area contributed by atoms with Gasteiger partial charge in [-0.05, 0) is 25.1 Å². The summed E-state index contributed by atoms with van der Waals surface area (Å²) in [4.78, 5) is 0. The molecule has 1 atom stereocenters. The van der Waals surface area contributed by atoms with Crippen molar-refractivity contribution >= 4 is 8.07 Å². The highest BCUT2D eigenvalue weighted by atomic mass is 28.3. The Morgan fingerprint density at radius 2 is 1.53 bits per heavy atom. The van der Waals surface area contributed by atoms with Crippen molar-refractivity contribution < 1.29 is 5.11 Å². The zero-order chi connectivity index (χ0) is 11.7. The lowest BCUT2D eigenvalue weighted by molar-refractivity contribution is 0.253. The molecule has 1 unspecified atom stereocenters. The van der Waals surface area contributed by atoms with Crippen molar-refractivity contribution in [3.63, 3.8) is 0 Å². The maximum atomic E-state index is 9.19. The molecule has 0 saturated carbocycles. The molecule has 0 amide bonds. The lowest BCUT2D eigenvalue weighted by Gasteiger charge is -2.21. The molecule has 0 radical (unpaired) electrons. The van der Waals surface area contributed by atoms with Crippen molar-refractivity contribution in [1.29, 1.82) is 0 Å². The second kappa shape index (κ2) is 7.28. The Hall–Kier alpha value is -1.04. The van der Waals surface area contributed by atoms with Crippen LogP contribution in [0, 0.1) is 11.5 Å². The summed E-state index contributed by atoms with van der Waals surface area (Å²) in [5, 5.41) is 9.19. The highest BCUT2D eigenvalue weighted by Crippen LogP contribution is 2.21. The van der Waals surface area contributed by atoms with Crippen molar-refractivity contribution in [2.75, 3.05) is 0 Å². The average Bonchev–Trinajstić information content (AvgIpc) is 2.16. The van der Waals surface area contributed by atoms with Crippen LogP contribution in [-0.2, 0) is 0 Å². The Kier molecular flexibility index (Phi) is 6.77. The van der Waals surface area contributed by atoms with E-state index in [2.05, 4.69) is 31.2 Å². The van der Waals surface area contributed by atoms with Gasteiger partial charge in [0, 0.05) is 0 Å². The van der Waals surface area contributed by atoms with Crippen molar-refractivity contribution in [2.45, 2.75) is 31.2 Å². The third-order valence-electron chi connectivity index (χ3n) is 2.15. The molecule has 0 aliphatic heterocycles. The van der Waals surface area contributed by atoms with Crippen LogP contribution in [0.2, 0.25) is 18.1 Å². The first-order valence-corrected chi connectivity index (χ1v) is 7.76. The normalized spacial score (nSPS) is 12.1. The summed E-state index contributed by atoms with van der Waals surface area (Å²) in [5.41, 5.74) is 3.26. The maximum Gasteiger partial charge on any atom is 0.149 e. The van der Waals surface area contributed by atoms with E-state index in [0.717, 1.165) is 18.1 Å². The molecule has 0 fully saturated rings. The first kappa shape index (κ1) is 14.0. The summed E-state index contributed by atoms with van der Waals surface area (Å²) in [5.74, 6) is 2.86. The van der Waals surface area contributed by atoms with E-state index in [9.17, 15) is 5.11 Å². The summed E-state index contributed by atoms with van der Waals surface area (Å²) in [6.45, 7) is 13.0. The van der Waals surface area contributed by atoms with Crippen LogP contribution < -0.4 is 0 Å². The van der Waals surface area contributed by atoms with E-state index >= 15 is 0 Å². The van der Waals surface area contributed by atoms with E-state index in [1.165, 1.54) is 0 Å². The molecule has 0 saturated heterocycles. The SMILES string of the molecule is C=CC[Si](C#CC(C)O)(CC=C)CC=C. The van der Waals surface area contributed by atoms with Gasteiger partial charge in [0.25, 0.3) is 0 Å². The molecular weight excluding hydrogens is 200 g/mol. The van der Waals surface area contributed by atoms with Crippen molar-refractivity contribution in [1.82, 2.24) is 0 Å². The van der Waals surface area contributed by atoms with E-state index in [0.29, 0.717) is 0 Å². The van der Waals surface area contributed by atoms with Crippen molar-refractivity contribution in [2.24, 2.45) is 0 Å². The zero-order valence-electron chi connectivity index (χ0n) is 9.50. The second-order valence-corrected chi connectivity index (χ2v) is 7.74. The first-order chi connectivity index (χ1) is 7.10. The van der Waals surface area contributed by atoms with Crippen LogP contribution in [0.4, 0.5) is 0 Å². The fourth-order valence-electron chi connectivity index (χ4n) is 1.49. The minimum Gasteiger partial charge on any atom is -0.381 e. The number of aliphatic hydroxyl groups excluding tert-OH is 1. The van der Waals surface area contributed by atoms with Crippen LogP contribution in [-0.4, -0.2) is 19.3 Å². The van der Waals surface area contributed by atoms with E-state index < -0.39 is 14.2 Å². The molecule has 0 bridgehead atoms. The molecule has 0 spiro atoms. The van der Waals surface area contributed by atoms with Gasteiger partial charge >= 0.3 is 0 Å². The molecule has 2 heteroatoms. The largest absolute Gasteiger partial charge is 0.381 e. The van der Waals surface area contributed by atoms with Gasteiger partial charge in [-0.15, -0.1) is 25.3 Å². The van der Waals surface area contributed by atoms with Crippen LogP contribution >= 0.6 is 0 Å². The van der Waals surface area contributed by atoms with Gasteiger partial charge in [0.1, 0.15) is 14.2 Å². The fourth-order valence-corrected chi connectivity index (χ4v) is 4.47. The fraction of sp³-hybridized carbons (Fsp3) is 0.385. The lowest BCUT2D eigenvalue weighted by Crippen LogP contribution is -2.30. The molecule has 82 valence electrons. The number of aliphatic hydroxyl groups is 1. The molecule has 0 aromatic heterocycles. The minimum atomic E-state index is -1.73. The van der Waals surface area contributed by atoms with Gasteiger partial charge in [-0.2, -0.15) is 0 Å². The van der Waals surface area contributed by atoms with Gasteiger partial charge in [0.2, 0.25) is 0 Å². The van der Waals surface area contributed by atoms with Crippen LogP contribution in [0.1, 0.15) is 6.92 Å². The quantitative estimate of drug-likeness (QED) is 0.414. The van der Waals surface area contributed by atoms with E-state index in [-0.39, 0.29) is 0 Å². The van der Waals surface area contributed by atoms with E-state index in [1.54, 1.807) is 6.92 Å². The Morgan fingerprint density at radius 1 is 1.13 bits per heavy atom. The van der Waals surface area contributed by atoms with E-state index in [4.69, 9.17) is 0 Å². The third kappa shape index (κ3) is 5.41. The summed E-state index contributed by atoms with van der Waals surface area (Å²) in [6, 6.07) is 2.76. The highest BCUT2D eigenvalue weighted by Gasteiger charge is 2.26. The number of hydrogen-bond acceptors (Lipinski definition) is 1. The molecular formula is C13H20OSi. The van der Waals surface area contributed by atoms with Crippen LogP contribution in [0.25, 0.3) is 0 Å². The second-order valence-electron chi connectivity index (χ2n) is 3.70. The number of rotatable bonds is 6. The molecule has 1 N–H and O–H groups in total. The third-order valence-corrected chi connectivity index (χ3v) is 6.04. The smallest absolute Gasteiger partial charge is 0.149 e. The van der Waals surface area contributed by atoms with Crippen LogP contribution in [0.5, 0.6) is 0 Å². The predicted molar refractivity (Wildman–Crippen MR) is 70.2 cm³/mol. The molecule has 0 aromatic rings. The average molecular weight is 220 g/mol. The highest BCUT2D eigenvalue weighted by molar-refractivity contribution is 6.88. The van der Waals surface area contributed by atoms with Crippen LogP contribution in [0.3, 0.4) is 0 Å². The van der Waals surface area contributed by atoms with Gasteiger partial charge < -0.3 is 5.11 Å². The molecule has 0 heterocycles. The minimum absolute atomic E-state index is 0.559. The van der Waals surface area contributed by atoms with Gasteiger partial charge in [0.15, 0.2) is 0 Å². The Balaban J connectivity index is 4.92. The maximum absolute atomic E-state index is 9.19. The number of hydrogen-bond donors (Lipinski definition) is 1. The van der Waals surface area contributed by atoms with Crippen LogP contribution in [0.15, 0.2) is 38.0 Å². The van der Waals surface area contributed by atoms with Gasteiger partial charge in [-0.3, -0.25) is 0 Å². The summed E-state index contributed by atoms with van der Waals surface area (Å²) in [6.07, 6.45) is 5.18. The Morgan fingerprint density at radius 3 is 1.80 bits per heavy atom. The van der Waals surface area contributed by atoms with Crippen molar-refractivity contribution in [3.05, 3.63) is 38.0 Å². The molecule has 0 aromatic carbocycles.